The van der Waals surface area contributed by atoms with Crippen LogP contribution < -0.4 is 10.0 Å². The molecule has 2 unspecified atom stereocenters. The van der Waals surface area contributed by atoms with Crippen LogP contribution in [0.4, 0.5) is 4.79 Å². The first-order valence-electron chi connectivity index (χ1n) is 11.8. The summed E-state index contributed by atoms with van der Waals surface area (Å²) in [5.74, 6) is 0.0112. The lowest BCUT2D eigenvalue weighted by Crippen LogP contribution is -2.50. The molecule has 2 aromatic rings. The van der Waals surface area contributed by atoms with Crippen molar-refractivity contribution >= 4 is 16.1 Å². The second-order valence-corrected chi connectivity index (χ2v) is 10.6. The van der Waals surface area contributed by atoms with E-state index in [1.807, 2.05) is 30.3 Å². The van der Waals surface area contributed by atoms with Gasteiger partial charge >= 0.3 is 6.03 Å². The molecule has 1 aliphatic rings. The first-order chi connectivity index (χ1) is 16.4. The predicted molar refractivity (Wildman–Crippen MR) is 139 cm³/mol. The van der Waals surface area contributed by atoms with Crippen molar-refractivity contribution in [1.82, 2.24) is 14.9 Å². The van der Waals surface area contributed by atoms with Gasteiger partial charge in [-0.3, -0.25) is 0 Å². The van der Waals surface area contributed by atoms with Crippen LogP contribution in [0.2, 0.25) is 0 Å². The lowest BCUT2D eigenvalue weighted by Gasteiger charge is -2.29. The van der Waals surface area contributed by atoms with Crippen LogP contribution in [0.15, 0.2) is 73.8 Å². The summed E-state index contributed by atoms with van der Waals surface area (Å²) >= 11 is 0. The highest BCUT2D eigenvalue weighted by molar-refractivity contribution is 7.89. The second kappa shape index (κ2) is 12.0. The molecule has 0 saturated carbocycles. The first-order valence-corrected chi connectivity index (χ1v) is 13.5. The van der Waals surface area contributed by atoms with E-state index in [9.17, 15) is 13.2 Å². The summed E-state index contributed by atoms with van der Waals surface area (Å²) in [7, 11) is -3.39. The van der Waals surface area contributed by atoms with E-state index in [-0.39, 0.29) is 23.9 Å². The number of rotatable bonds is 11. The monoisotopic (exact) mass is 481 g/mol. The Morgan fingerprint density at radius 2 is 1.94 bits per heavy atom. The Labute approximate surface area is 203 Å². The van der Waals surface area contributed by atoms with E-state index in [2.05, 4.69) is 47.5 Å². The van der Waals surface area contributed by atoms with E-state index in [4.69, 9.17) is 0 Å². The van der Waals surface area contributed by atoms with E-state index in [0.29, 0.717) is 32.4 Å². The fraction of sp³-hybridized carbons (Fsp3) is 0.370. The number of hydrogen-bond acceptors (Lipinski definition) is 3. The maximum absolute atomic E-state index is 12.9. The third-order valence-electron chi connectivity index (χ3n) is 6.21. The Morgan fingerprint density at radius 3 is 2.68 bits per heavy atom. The molecule has 0 spiro atoms. The van der Waals surface area contributed by atoms with Gasteiger partial charge in [-0.15, -0.1) is 13.2 Å². The van der Waals surface area contributed by atoms with Crippen molar-refractivity contribution in [2.24, 2.45) is 0 Å². The number of likely N-dealkylation sites (tertiary alicyclic amines) is 1. The van der Waals surface area contributed by atoms with Crippen molar-refractivity contribution in [1.29, 1.82) is 0 Å². The number of allylic oxidation sites excluding steroid dienone is 1. The van der Waals surface area contributed by atoms with Gasteiger partial charge in [-0.1, -0.05) is 60.7 Å². The van der Waals surface area contributed by atoms with Crippen LogP contribution in [0.3, 0.4) is 0 Å². The minimum absolute atomic E-state index is 0.0112. The molecule has 3 rings (SSSR count). The topological polar surface area (TPSA) is 78.5 Å². The van der Waals surface area contributed by atoms with Crippen molar-refractivity contribution in [2.45, 2.75) is 44.7 Å². The molecule has 1 aliphatic heterocycles. The standard InChI is InChI=1S/C27H35N3O3S/c1-4-7-17-28-27(31)30-18-16-25(29-34(32,33)6-3)26(30)20-21-12-10-14-23(19-21)24-15-9-8-13-22(24)11-5-2/h4-5,8-10,12-15,19,25-26,29H,1-2,6-7,11,16-18,20H2,3H3,(H,28,31). The van der Waals surface area contributed by atoms with Crippen LogP contribution >= 0.6 is 0 Å². The molecule has 2 aromatic carbocycles. The smallest absolute Gasteiger partial charge is 0.317 e. The fourth-order valence-electron chi connectivity index (χ4n) is 4.44. The Hall–Kier alpha value is -2.90. The molecule has 0 radical (unpaired) electrons. The number of nitrogens with one attached hydrogen (secondary N) is 2. The summed E-state index contributed by atoms with van der Waals surface area (Å²) in [6.07, 6.45) is 6.26. The van der Waals surface area contributed by atoms with Gasteiger partial charge in [0.1, 0.15) is 0 Å². The lowest BCUT2D eigenvalue weighted by atomic mass is 9.94. The van der Waals surface area contributed by atoms with Gasteiger partial charge in [0.2, 0.25) is 10.0 Å². The Balaban J connectivity index is 1.87. The minimum Gasteiger partial charge on any atom is -0.338 e. The number of nitrogens with zero attached hydrogens (tertiary/aromatic N) is 1. The molecule has 0 aromatic heterocycles. The van der Waals surface area contributed by atoms with Crippen LogP contribution in [-0.2, 0) is 22.9 Å². The zero-order chi connectivity index (χ0) is 24.6. The van der Waals surface area contributed by atoms with Crippen LogP contribution in [0, 0.1) is 0 Å². The molecular formula is C27H35N3O3S. The summed E-state index contributed by atoms with van der Waals surface area (Å²) in [5.41, 5.74) is 4.51. The van der Waals surface area contributed by atoms with E-state index >= 15 is 0 Å². The van der Waals surface area contributed by atoms with Gasteiger partial charge in [-0.25, -0.2) is 17.9 Å². The van der Waals surface area contributed by atoms with Gasteiger partial charge in [0.05, 0.1) is 11.8 Å². The predicted octanol–water partition coefficient (Wildman–Crippen LogP) is 4.29. The number of hydrogen-bond donors (Lipinski definition) is 2. The van der Waals surface area contributed by atoms with Gasteiger partial charge in [-0.05, 0) is 54.9 Å². The summed E-state index contributed by atoms with van der Waals surface area (Å²) in [4.78, 5) is 14.7. The maximum atomic E-state index is 12.9. The van der Waals surface area contributed by atoms with Crippen molar-refractivity contribution < 1.29 is 13.2 Å². The average Bonchev–Trinajstić information content (AvgIpc) is 3.21. The van der Waals surface area contributed by atoms with Gasteiger partial charge in [0.25, 0.3) is 0 Å². The molecule has 1 fully saturated rings. The van der Waals surface area contributed by atoms with Gasteiger partial charge in [0.15, 0.2) is 0 Å². The highest BCUT2D eigenvalue weighted by atomic mass is 32.2. The van der Waals surface area contributed by atoms with Gasteiger partial charge < -0.3 is 10.2 Å². The molecule has 7 heteroatoms. The van der Waals surface area contributed by atoms with Crippen LogP contribution in [0.1, 0.15) is 30.9 Å². The largest absolute Gasteiger partial charge is 0.338 e. The Bertz CT molecular complexity index is 1110. The molecule has 6 nitrogen and oxygen atoms in total. The zero-order valence-electron chi connectivity index (χ0n) is 19.9. The molecule has 2 atom stereocenters. The lowest BCUT2D eigenvalue weighted by molar-refractivity contribution is 0.189. The average molecular weight is 482 g/mol. The van der Waals surface area contributed by atoms with Crippen LogP contribution in [0.25, 0.3) is 11.1 Å². The maximum Gasteiger partial charge on any atom is 0.317 e. The van der Waals surface area contributed by atoms with Crippen molar-refractivity contribution in [2.75, 3.05) is 18.8 Å². The van der Waals surface area contributed by atoms with E-state index in [0.717, 1.165) is 23.1 Å². The third-order valence-corrected chi connectivity index (χ3v) is 7.63. The molecular weight excluding hydrogens is 446 g/mol. The van der Waals surface area contributed by atoms with E-state index < -0.39 is 10.0 Å². The van der Waals surface area contributed by atoms with Crippen LogP contribution in [0.5, 0.6) is 0 Å². The van der Waals surface area contributed by atoms with Gasteiger partial charge in [-0.2, -0.15) is 0 Å². The zero-order valence-corrected chi connectivity index (χ0v) is 20.7. The molecule has 2 N–H and O–H groups in total. The molecule has 2 amide bonds. The van der Waals surface area contributed by atoms with Crippen LogP contribution in [-0.4, -0.2) is 50.3 Å². The van der Waals surface area contributed by atoms with Gasteiger partial charge in [0, 0.05) is 19.1 Å². The third kappa shape index (κ3) is 6.58. The SMILES string of the molecule is C=CCCNC(=O)N1CCC(NS(=O)(=O)CC)C1Cc1cccc(-c2ccccc2CC=C)c1. The van der Waals surface area contributed by atoms with Crippen molar-refractivity contribution in [3.8, 4) is 11.1 Å². The number of carbonyl (C=O) groups excluding carboxylic acids is 1. The molecule has 34 heavy (non-hydrogen) atoms. The second-order valence-electron chi connectivity index (χ2n) is 8.54. The molecule has 1 heterocycles. The Kier molecular flexibility index (Phi) is 9.07. The number of urea groups is 1. The Morgan fingerprint density at radius 1 is 1.15 bits per heavy atom. The summed E-state index contributed by atoms with van der Waals surface area (Å²) in [5, 5.41) is 2.93. The van der Waals surface area contributed by atoms with Crippen molar-refractivity contribution in [3.63, 3.8) is 0 Å². The summed E-state index contributed by atoms with van der Waals surface area (Å²) in [6, 6.07) is 15.8. The van der Waals surface area contributed by atoms with E-state index in [1.54, 1.807) is 17.9 Å². The number of benzene rings is 2. The van der Waals surface area contributed by atoms with E-state index in [1.165, 1.54) is 5.56 Å². The number of amides is 2. The fourth-order valence-corrected chi connectivity index (χ4v) is 5.34. The number of sulfonamides is 1. The molecule has 182 valence electrons. The molecule has 0 bridgehead atoms. The normalized spacial score (nSPS) is 18.0. The highest BCUT2D eigenvalue weighted by Crippen LogP contribution is 2.28. The quantitative estimate of drug-likeness (QED) is 0.371. The first kappa shape index (κ1) is 25.7. The highest BCUT2D eigenvalue weighted by Gasteiger charge is 2.38. The van der Waals surface area contributed by atoms with Crippen molar-refractivity contribution in [3.05, 3.63) is 85.0 Å². The number of carbonyl (C=O) groups is 1. The summed E-state index contributed by atoms with van der Waals surface area (Å²) in [6.45, 7) is 10.2. The minimum atomic E-state index is -3.39. The summed E-state index contributed by atoms with van der Waals surface area (Å²) < 4.78 is 27.5. The molecule has 0 aliphatic carbocycles. The molecule has 1 saturated heterocycles.